The van der Waals surface area contributed by atoms with Crippen molar-refractivity contribution in [3.05, 3.63) is 29.8 Å². The van der Waals surface area contributed by atoms with Crippen LogP contribution in [-0.4, -0.2) is 11.9 Å². The van der Waals surface area contributed by atoms with Crippen LogP contribution in [0.1, 0.15) is 50.4 Å². The van der Waals surface area contributed by atoms with E-state index < -0.39 is 0 Å². The number of fused-ring (bicyclic) bond motifs is 2. The largest absolute Gasteiger partial charge is 0.399 e. The van der Waals surface area contributed by atoms with E-state index >= 15 is 0 Å². The number of nitrogens with one attached hydrogen (secondary N) is 1. The van der Waals surface area contributed by atoms with Crippen molar-refractivity contribution in [3.8, 4) is 0 Å². The molecule has 0 aliphatic heterocycles. The molecule has 3 unspecified atom stereocenters. The van der Waals surface area contributed by atoms with E-state index in [9.17, 15) is 4.79 Å². The lowest BCUT2D eigenvalue weighted by molar-refractivity contribution is 0.0826. The predicted molar refractivity (Wildman–Crippen MR) is 81.3 cm³/mol. The van der Waals surface area contributed by atoms with E-state index in [2.05, 4.69) is 26.1 Å². The van der Waals surface area contributed by atoms with Gasteiger partial charge < -0.3 is 11.1 Å². The molecule has 3 atom stereocenters. The van der Waals surface area contributed by atoms with Crippen LogP contribution in [0.5, 0.6) is 0 Å². The molecule has 2 fully saturated rings. The van der Waals surface area contributed by atoms with Crippen LogP contribution >= 0.6 is 0 Å². The van der Waals surface area contributed by atoms with Crippen molar-refractivity contribution >= 4 is 11.6 Å². The second-order valence-electron chi connectivity index (χ2n) is 7.26. The van der Waals surface area contributed by atoms with Crippen molar-refractivity contribution in [1.82, 2.24) is 5.32 Å². The third kappa shape index (κ3) is 1.75. The molecule has 3 N–H and O–H groups in total. The molecule has 3 nitrogen and oxygen atoms in total. The maximum absolute atomic E-state index is 12.4. The second kappa shape index (κ2) is 4.24. The molecular weight excluding hydrogens is 248 g/mol. The molecule has 2 bridgehead atoms. The van der Waals surface area contributed by atoms with Gasteiger partial charge in [0.2, 0.25) is 0 Å². The van der Waals surface area contributed by atoms with E-state index in [0.717, 1.165) is 12.3 Å². The molecule has 0 radical (unpaired) electrons. The van der Waals surface area contributed by atoms with Gasteiger partial charge in [0.05, 0.1) is 0 Å². The van der Waals surface area contributed by atoms with E-state index in [0.29, 0.717) is 16.7 Å². The van der Waals surface area contributed by atoms with Gasteiger partial charge in [0.1, 0.15) is 0 Å². The van der Waals surface area contributed by atoms with Gasteiger partial charge in [-0.1, -0.05) is 26.8 Å². The number of nitrogens with two attached hydrogens (primary N) is 1. The molecule has 0 heterocycles. The molecule has 0 spiro atoms. The van der Waals surface area contributed by atoms with Crippen LogP contribution in [0.15, 0.2) is 24.3 Å². The predicted octanol–water partition coefficient (Wildman–Crippen LogP) is 3.21. The molecule has 2 aliphatic carbocycles. The molecule has 2 saturated carbocycles. The van der Waals surface area contributed by atoms with Gasteiger partial charge in [-0.2, -0.15) is 0 Å². The first-order valence-electron chi connectivity index (χ1n) is 7.51. The molecule has 1 aromatic rings. The number of nitrogen functional groups attached to an aromatic ring is 1. The van der Waals surface area contributed by atoms with Gasteiger partial charge in [-0.3, -0.25) is 4.79 Å². The molecule has 3 rings (SSSR count). The minimum Gasteiger partial charge on any atom is -0.399 e. The highest BCUT2D eigenvalue weighted by molar-refractivity contribution is 5.95. The van der Waals surface area contributed by atoms with Crippen LogP contribution in [0.3, 0.4) is 0 Å². The molecule has 1 amide bonds. The summed E-state index contributed by atoms with van der Waals surface area (Å²) in [4.78, 5) is 12.4. The number of hydrogen-bond donors (Lipinski definition) is 2. The second-order valence-corrected chi connectivity index (χ2v) is 7.26. The van der Waals surface area contributed by atoms with Gasteiger partial charge in [-0.15, -0.1) is 0 Å². The summed E-state index contributed by atoms with van der Waals surface area (Å²) in [5, 5.41) is 3.26. The fraction of sp³-hybridized carbons (Fsp3) is 0.588. The average molecular weight is 272 g/mol. The summed E-state index contributed by atoms with van der Waals surface area (Å²) in [6.07, 6.45) is 3.62. The third-order valence-electron chi connectivity index (χ3n) is 6.25. The number of carbonyl (C=O) groups is 1. The Labute approximate surface area is 120 Å². The number of rotatable bonds is 2. The number of hydrogen-bond acceptors (Lipinski definition) is 2. The Balaban J connectivity index is 1.78. The standard InChI is InChI=1S/C17H24N2O/c1-16(2)12-7-8-17(16,3)14(10-12)19-15(20)11-5-4-6-13(18)9-11/h4-6,9,12,14H,7-8,10,18H2,1-3H3,(H,19,20). The Bertz CT molecular complexity index is 552. The molecule has 3 heteroatoms. The molecule has 0 saturated heterocycles. The SMILES string of the molecule is CC1(C)C2CCC1(C)C(NC(=O)c1cccc(N)c1)C2. The topological polar surface area (TPSA) is 55.1 Å². The number of carbonyl (C=O) groups excluding carboxylic acids is 1. The van der Waals surface area contributed by atoms with E-state index in [1.54, 1.807) is 12.1 Å². The summed E-state index contributed by atoms with van der Waals surface area (Å²) in [6.45, 7) is 7.05. The lowest BCUT2D eigenvalue weighted by atomic mass is 9.69. The normalized spacial score (nSPS) is 34.1. The maximum Gasteiger partial charge on any atom is 0.251 e. The first kappa shape index (κ1) is 13.5. The van der Waals surface area contributed by atoms with E-state index in [4.69, 9.17) is 5.73 Å². The Morgan fingerprint density at radius 2 is 2.10 bits per heavy atom. The first-order valence-corrected chi connectivity index (χ1v) is 7.51. The molecule has 1 aromatic carbocycles. The van der Waals surface area contributed by atoms with Crippen molar-refractivity contribution in [2.45, 2.75) is 46.1 Å². The van der Waals surface area contributed by atoms with Crippen LogP contribution < -0.4 is 11.1 Å². The van der Waals surface area contributed by atoms with E-state index in [1.807, 2.05) is 12.1 Å². The summed E-state index contributed by atoms with van der Waals surface area (Å²) in [5.41, 5.74) is 7.59. The van der Waals surface area contributed by atoms with Gasteiger partial charge in [-0.25, -0.2) is 0 Å². The average Bonchev–Trinajstić information content (AvgIpc) is 2.72. The monoisotopic (exact) mass is 272 g/mol. The number of amides is 1. The highest BCUT2D eigenvalue weighted by Crippen LogP contribution is 2.65. The van der Waals surface area contributed by atoms with Gasteiger partial charge in [-0.05, 0) is 54.2 Å². The Hall–Kier alpha value is -1.51. The zero-order valence-electron chi connectivity index (χ0n) is 12.6. The fourth-order valence-corrected chi connectivity index (χ4v) is 4.34. The first-order chi connectivity index (χ1) is 9.34. The van der Waals surface area contributed by atoms with Crippen molar-refractivity contribution < 1.29 is 4.79 Å². The van der Waals surface area contributed by atoms with Crippen LogP contribution in [-0.2, 0) is 0 Å². The maximum atomic E-state index is 12.4. The molecular formula is C17H24N2O. The minimum absolute atomic E-state index is 0.00637. The minimum atomic E-state index is 0.00637. The summed E-state index contributed by atoms with van der Waals surface area (Å²) < 4.78 is 0. The van der Waals surface area contributed by atoms with Crippen molar-refractivity contribution in [2.75, 3.05) is 5.73 Å². The Morgan fingerprint density at radius 1 is 1.35 bits per heavy atom. The van der Waals surface area contributed by atoms with E-state index in [1.165, 1.54) is 12.8 Å². The summed E-state index contributed by atoms with van der Waals surface area (Å²) in [7, 11) is 0. The Morgan fingerprint density at radius 3 is 2.65 bits per heavy atom. The highest BCUT2D eigenvalue weighted by atomic mass is 16.1. The number of anilines is 1. The summed E-state index contributed by atoms with van der Waals surface area (Å²) >= 11 is 0. The highest BCUT2D eigenvalue weighted by Gasteiger charge is 2.61. The van der Waals surface area contributed by atoms with Gasteiger partial charge >= 0.3 is 0 Å². The zero-order valence-corrected chi connectivity index (χ0v) is 12.6. The summed E-state index contributed by atoms with van der Waals surface area (Å²) in [6, 6.07) is 7.49. The van der Waals surface area contributed by atoms with Crippen LogP contribution in [0, 0.1) is 16.7 Å². The quantitative estimate of drug-likeness (QED) is 0.812. The van der Waals surface area contributed by atoms with Crippen molar-refractivity contribution in [3.63, 3.8) is 0 Å². The molecule has 2 aliphatic rings. The van der Waals surface area contributed by atoms with Crippen molar-refractivity contribution in [2.24, 2.45) is 16.7 Å². The van der Waals surface area contributed by atoms with Crippen LogP contribution in [0.4, 0.5) is 5.69 Å². The smallest absolute Gasteiger partial charge is 0.251 e. The molecule has 20 heavy (non-hydrogen) atoms. The third-order valence-corrected chi connectivity index (χ3v) is 6.25. The lowest BCUT2D eigenvalue weighted by Crippen LogP contribution is -2.46. The van der Waals surface area contributed by atoms with Gasteiger partial charge in [0, 0.05) is 17.3 Å². The lowest BCUT2D eigenvalue weighted by Gasteiger charge is -2.39. The van der Waals surface area contributed by atoms with Crippen LogP contribution in [0.25, 0.3) is 0 Å². The molecule has 108 valence electrons. The Kier molecular flexibility index (Phi) is 2.86. The fourth-order valence-electron chi connectivity index (χ4n) is 4.34. The van der Waals surface area contributed by atoms with Crippen LogP contribution in [0.2, 0.25) is 0 Å². The number of benzene rings is 1. The molecule has 0 aromatic heterocycles. The van der Waals surface area contributed by atoms with Gasteiger partial charge in [0.15, 0.2) is 0 Å². The van der Waals surface area contributed by atoms with Crippen molar-refractivity contribution in [1.29, 1.82) is 0 Å². The zero-order chi connectivity index (χ0) is 14.5. The van der Waals surface area contributed by atoms with Gasteiger partial charge in [0.25, 0.3) is 5.91 Å². The van der Waals surface area contributed by atoms with E-state index in [-0.39, 0.29) is 17.4 Å². The summed E-state index contributed by atoms with van der Waals surface area (Å²) in [5.74, 6) is 0.741.